The summed E-state index contributed by atoms with van der Waals surface area (Å²) in [4.78, 5) is 10.8. The third-order valence-electron chi connectivity index (χ3n) is 3.01. The van der Waals surface area contributed by atoms with Crippen LogP contribution >= 0.6 is 0 Å². The quantitative estimate of drug-likeness (QED) is 0.888. The fourth-order valence-corrected chi connectivity index (χ4v) is 3.08. The van der Waals surface area contributed by atoms with Crippen molar-refractivity contribution in [3.8, 4) is 16.9 Å². The van der Waals surface area contributed by atoms with Gasteiger partial charge in [0.25, 0.3) is 0 Å². The zero-order chi connectivity index (χ0) is 15.2. The first-order valence-corrected chi connectivity index (χ1v) is 7.94. The molecule has 0 saturated heterocycles. The van der Waals surface area contributed by atoms with Crippen molar-refractivity contribution >= 4 is 16.7 Å². The molecule has 2 aromatic rings. The minimum atomic E-state index is -1.33. The number of benzene rings is 2. The highest BCUT2D eigenvalue weighted by atomic mass is 32.2. The zero-order valence-corrected chi connectivity index (χ0v) is 12.6. The number of carbonyl (C=O) groups is 1. The van der Waals surface area contributed by atoms with E-state index in [9.17, 15) is 9.00 Å². The molecule has 0 aromatic heterocycles. The van der Waals surface area contributed by atoms with Crippen LogP contribution in [0.4, 0.5) is 0 Å². The highest BCUT2D eigenvalue weighted by Crippen LogP contribution is 2.27. The molecule has 5 heteroatoms. The average molecular weight is 303 g/mol. The summed E-state index contributed by atoms with van der Waals surface area (Å²) in [5.74, 6) is 0.199. The van der Waals surface area contributed by atoms with Crippen LogP contribution in [0.3, 0.4) is 0 Å². The summed E-state index contributed by atoms with van der Waals surface area (Å²) >= 11 is 0. The molecule has 0 aliphatic carbocycles. The van der Waals surface area contributed by atoms with Gasteiger partial charge in [0.1, 0.15) is 11.5 Å². The van der Waals surface area contributed by atoms with Gasteiger partial charge in [0.05, 0.1) is 12.9 Å². The highest BCUT2D eigenvalue weighted by molar-refractivity contribution is 7.84. The number of rotatable bonds is 6. The van der Waals surface area contributed by atoms with E-state index >= 15 is 0 Å². The molecule has 0 aliphatic rings. The van der Waals surface area contributed by atoms with Crippen molar-refractivity contribution in [1.29, 1.82) is 0 Å². The Labute approximate surface area is 126 Å². The summed E-state index contributed by atoms with van der Waals surface area (Å²) in [6, 6.07) is 15.6. The number of nitrogens with two attached hydrogens (primary N) is 1. The zero-order valence-electron chi connectivity index (χ0n) is 11.7. The Kier molecular flexibility index (Phi) is 5.11. The number of hydrogen-bond acceptors (Lipinski definition) is 3. The third-order valence-corrected chi connectivity index (χ3v) is 4.25. The fourth-order valence-electron chi connectivity index (χ4n) is 2.08. The number of methoxy groups -OCH3 is 1. The van der Waals surface area contributed by atoms with E-state index in [4.69, 9.17) is 10.5 Å². The largest absolute Gasteiger partial charge is 0.496 e. The van der Waals surface area contributed by atoms with Crippen LogP contribution in [-0.4, -0.2) is 23.0 Å². The van der Waals surface area contributed by atoms with E-state index in [1.165, 1.54) is 0 Å². The molecule has 2 N–H and O–H groups in total. The van der Waals surface area contributed by atoms with E-state index in [0.29, 0.717) is 5.75 Å². The standard InChI is InChI=1S/C16H17NO3S/c1-20-15-8-7-13(12-5-3-2-4-6-12)9-14(15)10-21(19)11-16(17)18/h2-9H,10-11H2,1H3,(H2,17,18). The predicted octanol–water partition coefficient (Wildman–Crippen LogP) is 2.10. The Morgan fingerprint density at radius 1 is 1.14 bits per heavy atom. The normalized spacial score (nSPS) is 11.9. The van der Waals surface area contributed by atoms with E-state index in [0.717, 1.165) is 16.7 Å². The Balaban J connectivity index is 2.30. The first-order valence-electron chi connectivity index (χ1n) is 6.46. The number of amides is 1. The number of hydrogen-bond donors (Lipinski definition) is 1. The first-order chi connectivity index (χ1) is 10.1. The van der Waals surface area contributed by atoms with E-state index in [-0.39, 0.29) is 11.5 Å². The highest BCUT2D eigenvalue weighted by Gasteiger charge is 2.11. The molecular formula is C16H17NO3S. The Bertz CT molecular complexity index is 656. The number of carbonyl (C=O) groups excluding carboxylic acids is 1. The lowest BCUT2D eigenvalue weighted by atomic mass is 10.0. The Hall–Kier alpha value is -2.14. The van der Waals surface area contributed by atoms with Crippen molar-refractivity contribution in [1.82, 2.24) is 0 Å². The van der Waals surface area contributed by atoms with Gasteiger partial charge in [-0.2, -0.15) is 0 Å². The van der Waals surface area contributed by atoms with E-state index in [1.54, 1.807) is 7.11 Å². The molecule has 1 atom stereocenters. The lowest BCUT2D eigenvalue weighted by Gasteiger charge is -2.10. The van der Waals surface area contributed by atoms with Crippen LogP contribution in [0.5, 0.6) is 5.75 Å². The van der Waals surface area contributed by atoms with Gasteiger partial charge in [0, 0.05) is 16.4 Å². The van der Waals surface area contributed by atoms with Gasteiger partial charge in [-0.05, 0) is 23.3 Å². The topological polar surface area (TPSA) is 69.4 Å². The van der Waals surface area contributed by atoms with Crippen molar-refractivity contribution in [2.45, 2.75) is 5.75 Å². The Morgan fingerprint density at radius 3 is 2.48 bits per heavy atom. The molecule has 2 rings (SSSR count). The summed E-state index contributed by atoms with van der Waals surface area (Å²) in [7, 11) is 0.235. The van der Waals surface area contributed by atoms with Crippen LogP contribution in [0.25, 0.3) is 11.1 Å². The van der Waals surface area contributed by atoms with Crippen LogP contribution in [0.15, 0.2) is 48.5 Å². The van der Waals surface area contributed by atoms with E-state index < -0.39 is 16.7 Å². The van der Waals surface area contributed by atoms with Gasteiger partial charge in [-0.25, -0.2) is 0 Å². The molecule has 2 aromatic carbocycles. The molecule has 4 nitrogen and oxygen atoms in total. The summed E-state index contributed by atoms with van der Waals surface area (Å²) in [5.41, 5.74) is 7.97. The third kappa shape index (κ3) is 4.16. The molecule has 0 radical (unpaired) electrons. The molecule has 1 unspecified atom stereocenters. The number of ether oxygens (including phenoxy) is 1. The van der Waals surface area contributed by atoms with Crippen LogP contribution in [0.2, 0.25) is 0 Å². The second-order valence-corrected chi connectivity index (χ2v) is 6.04. The van der Waals surface area contributed by atoms with Crippen molar-refractivity contribution in [3.63, 3.8) is 0 Å². The second-order valence-electron chi connectivity index (χ2n) is 4.59. The van der Waals surface area contributed by atoms with Gasteiger partial charge >= 0.3 is 0 Å². The minimum absolute atomic E-state index is 0.140. The van der Waals surface area contributed by atoms with Crippen molar-refractivity contribution < 1.29 is 13.7 Å². The molecule has 0 fully saturated rings. The maximum atomic E-state index is 11.9. The van der Waals surface area contributed by atoms with Gasteiger partial charge in [-0.1, -0.05) is 36.4 Å². The molecule has 0 heterocycles. The maximum absolute atomic E-state index is 11.9. The predicted molar refractivity (Wildman–Crippen MR) is 84.3 cm³/mol. The molecule has 0 spiro atoms. The molecule has 0 saturated carbocycles. The smallest absolute Gasteiger partial charge is 0.230 e. The fraction of sp³-hybridized carbons (Fsp3) is 0.188. The lowest BCUT2D eigenvalue weighted by molar-refractivity contribution is -0.115. The van der Waals surface area contributed by atoms with E-state index in [2.05, 4.69) is 0 Å². The monoisotopic (exact) mass is 303 g/mol. The van der Waals surface area contributed by atoms with Crippen molar-refractivity contribution in [2.75, 3.05) is 12.9 Å². The second kappa shape index (κ2) is 7.04. The van der Waals surface area contributed by atoms with Gasteiger partial charge in [-0.3, -0.25) is 9.00 Å². The minimum Gasteiger partial charge on any atom is -0.496 e. The van der Waals surface area contributed by atoms with Crippen LogP contribution < -0.4 is 10.5 Å². The molecule has 21 heavy (non-hydrogen) atoms. The van der Waals surface area contributed by atoms with Gasteiger partial charge < -0.3 is 10.5 Å². The van der Waals surface area contributed by atoms with Gasteiger partial charge in [0.2, 0.25) is 5.91 Å². The average Bonchev–Trinajstić information content (AvgIpc) is 2.47. The molecule has 1 amide bonds. The summed E-state index contributed by atoms with van der Waals surface area (Å²) < 4.78 is 17.2. The number of primary amides is 1. The molecule has 0 bridgehead atoms. The van der Waals surface area contributed by atoms with Crippen LogP contribution in [-0.2, 0) is 21.3 Å². The Morgan fingerprint density at radius 2 is 1.86 bits per heavy atom. The van der Waals surface area contributed by atoms with Crippen molar-refractivity contribution in [3.05, 3.63) is 54.1 Å². The van der Waals surface area contributed by atoms with E-state index in [1.807, 2.05) is 48.5 Å². The van der Waals surface area contributed by atoms with Gasteiger partial charge in [-0.15, -0.1) is 0 Å². The van der Waals surface area contributed by atoms with Crippen molar-refractivity contribution in [2.24, 2.45) is 5.73 Å². The summed E-state index contributed by atoms with van der Waals surface area (Å²) in [6.07, 6.45) is 0. The SMILES string of the molecule is COc1ccc(-c2ccccc2)cc1CS(=O)CC(N)=O. The van der Waals surface area contributed by atoms with Gasteiger partial charge in [0.15, 0.2) is 0 Å². The first kappa shape index (κ1) is 15.3. The van der Waals surface area contributed by atoms with Crippen LogP contribution in [0, 0.1) is 0 Å². The summed E-state index contributed by atoms with van der Waals surface area (Å²) in [6.45, 7) is 0. The molecule has 0 aliphatic heterocycles. The maximum Gasteiger partial charge on any atom is 0.230 e. The molecule has 110 valence electrons. The van der Waals surface area contributed by atoms with Crippen LogP contribution in [0.1, 0.15) is 5.56 Å². The molecular weight excluding hydrogens is 286 g/mol. The summed E-state index contributed by atoms with van der Waals surface area (Å²) in [5, 5.41) is 0. The lowest BCUT2D eigenvalue weighted by Crippen LogP contribution is -2.20.